The van der Waals surface area contributed by atoms with Gasteiger partial charge in [-0.2, -0.15) is 0 Å². The van der Waals surface area contributed by atoms with Crippen LogP contribution in [0, 0.1) is 0 Å². The van der Waals surface area contributed by atoms with Crippen LogP contribution in [0.3, 0.4) is 0 Å². The summed E-state index contributed by atoms with van der Waals surface area (Å²) in [5, 5.41) is 24.4. The van der Waals surface area contributed by atoms with Crippen LogP contribution >= 0.6 is 0 Å². The summed E-state index contributed by atoms with van der Waals surface area (Å²) in [4.78, 5) is 119. The van der Waals surface area contributed by atoms with Crippen LogP contribution in [0.15, 0.2) is 72.8 Å². The Bertz CT molecular complexity index is 2630. The normalized spacial score (nSPS) is 23.5. The minimum absolute atomic E-state index is 0.133. The van der Waals surface area contributed by atoms with Gasteiger partial charge in [0, 0.05) is 62.5 Å². The number of carbonyl (C=O) groups excluding carboxylic acids is 8. The molecule has 0 saturated carbocycles. The number of benzene rings is 3. The lowest BCUT2D eigenvalue weighted by molar-refractivity contribution is -0.148. The van der Waals surface area contributed by atoms with E-state index >= 15 is 0 Å². The van der Waals surface area contributed by atoms with Crippen molar-refractivity contribution in [3.05, 3.63) is 106 Å². The fourth-order valence-electron chi connectivity index (χ4n) is 13.4. The van der Waals surface area contributed by atoms with Crippen LogP contribution < -0.4 is 42.5 Å². The second kappa shape index (κ2) is 29.4. The molecule has 3 aromatic rings. The Morgan fingerprint density at radius 1 is 0.500 bits per heavy atom. The number of carbonyl (C=O) groups is 8. The molecule has 8 amide bonds. The van der Waals surface area contributed by atoms with Crippen molar-refractivity contribution in [2.24, 2.45) is 0 Å². The highest BCUT2D eigenvalue weighted by atomic mass is 16.2. The molecule has 10 atom stereocenters. The molecule has 8 N–H and O–H groups in total. The second-order valence-corrected chi connectivity index (χ2v) is 24.1. The summed E-state index contributed by atoms with van der Waals surface area (Å²) >= 11 is 0. The van der Waals surface area contributed by atoms with E-state index in [1.807, 2.05) is 24.3 Å². The average Bonchev–Trinajstić information content (AvgIpc) is 4.35. The van der Waals surface area contributed by atoms with Gasteiger partial charge in [-0.15, -0.1) is 0 Å². The number of hydrogen-bond donors (Lipinski definition) is 8. The van der Waals surface area contributed by atoms with Gasteiger partial charge in [-0.1, -0.05) is 48.5 Å². The number of nitrogens with one attached hydrogen (secondary N) is 8. The molecule has 4 aliphatic heterocycles. The van der Waals surface area contributed by atoms with Crippen molar-refractivity contribution in [3.63, 3.8) is 0 Å². The van der Waals surface area contributed by atoms with Crippen molar-refractivity contribution < 1.29 is 38.4 Å². The molecule has 4 heterocycles. The highest BCUT2D eigenvalue weighted by molar-refractivity contribution is 5.98. The van der Waals surface area contributed by atoms with Crippen molar-refractivity contribution in [3.8, 4) is 0 Å². The van der Waals surface area contributed by atoms with Crippen molar-refractivity contribution in [2.75, 3.05) is 66.5 Å². The van der Waals surface area contributed by atoms with Gasteiger partial charge in [0.1, 0.15) is 24.2 Å². The monoisotopic (exact) mass is 1150 g/mol. The van der Waals surface area contributed by atoms with Crippen LogP contribution in [0.1, 0.15) is 159 Å². The van der Waals surface area contributed by atoms with Gasteiger partial charge in [-0.25, -0.2) is 0 Å². The van der Waals surface area contributed by atoms with Crippen molar-refractivity contribution in [2.45, 2.75) is 177 Å². The van der Waals surface area contributed by atoms with E-state index in [0.29, 0.717) is 88.9 Å². The van der Waals surface area contributed by atoms with Gasteiger partial charge in [0.05, 0.1) is 24.2 Å². The smallest absolute Gasteiger partial charge is 0.251 e. The third-order valence-corrected chi connectivity index (χ3v) is 18.6. The first-order valence-electron chi connectivity index (χ1n) is 31.2. The number of unbranched alkanes of at least 4 members (excludes halogenated alkanes) is 2. The lowest BCUT2D eigenvalue weighted by Crippen LogP contribution is -2.65. The fraction of sp³-hybridized carbons (Fsp3) is 0.594. The van der Waals surface area contributed by atoms with Crippen LogP contribution in [0.25, 0.3) is 0 Å². The number of nitrogens with zero attached hydrogens (tertiary/aromatic N) is 4. The lowest BCUT2D eigenvalue weighted by Gasteiger charge is -2.44. The molecule has 4 saturated heterocycles. The van der Waals surface area contributed by atoms with E-state index in [4.69, 9.17) is 0 Å². The Hall–Kier alpha value is -6.74. The third-order valence-electron chi connectivity index (χ3n) is 18.6. The number of piperazine rings is 2. The molecule has 3 aromatic carbocycles. The molecule has 0 bridgehead atoms. The Labute approximate surface area is 495 Å². The first-order valence-corrected chi connectivity index (χ1v) is 31.2. The number of aryl methyl sites for hydroxylation is 2. The Morgan fingerprint density at radius 3 is 1.31 bits per heavy atom. The lowest BCUT2D eigenvalue weighted by atomic mass is 9.87. The second-order valence-electron chi connectivity index (χ2n) is 24.1. The minimum atomic E-state index is -0.870. The zero-order valence-corrected chi connectivity index (χ0v) is 49.7. The maximum absolute atomic E-state index is 14.7. The Kier molecular flexibility index (Phi) is 21.6. The molecule has 9 rings (SSSR count). The van der Waals surface area contributed by atoms with Gasteiger partial charge in [0.25, 0.3) is 11.8 Å². The number of amides is 8. The predicted octanol–water partition coefficient (Wildman–Crippen LogP) is 3.41. The molecule has 454 valence electrons. The summed E-state index contributed by atoms with van der Waals surface area (Å²) in [7, 11) is 3.37. The quantitative estimate of drug-likeness (QED) is 0.0602. The van der Waals surface area contributed by atoms with Crippen LogP contribution in [0.5, 0.6) is 0 Å². The van der Waals surface area contributed by atoms with E-state index < -0.39 is 36.3 Å². The molecule has 0 radical (unpaired) electrons. The maximum Gasteiger partial charge on any atom is 0.251 e. The van der Waals surface area contributed by atoms with E-state index in [1.54, 1.807) is 62.0 Å². The number of fused-ring (bicyclic) bond motifs is 4. The molecule has 84 heavy (non-hydrogen) atoms. The molecule has 10 unspecified atom stereocenters. The molecular weight excluding hydrogens is 1060 g/mol. The largest absolute Gasteiger partial charge is 0.352 e. The van der Waals surface area contributed by atoms with Gasteiger partial charge in [0.15, 0.2) is 0 Å². The first-order chi connectivity index (χ1) is 40.7. The molecule has 20 nitrogen and oxygen atoms in total. The van der Waals surface area contributed by atoms with E-state index in [0.717, 1.165) is 88.4 Å². The van der Waals surface area contributed by atoms with Crippen molar-refractivity contribution in [1.82, 2.24) is 62.1 Å². The van der Waals surface area contributed by atoms with E-state index in [1.165, 1.54) is 11.1 Å². The molecule has 0 aromatic heterocycles. The summed E-state index contributed by atoms with van der Waals surface area (Å²) < 4.78 is 0. The van der Waals surface area contributed by atoms with Crippen molar-refractivity contribution >= 4 is 47.3 Å². The fourth-order valence-corrected chi connectivity index (χ4v) is 13.4. The first kappa shape index (κ1) is 61.8. The molecule has 2 aliphatic carbocycles. The van der Waals surface area contributed by atoms with Gasteiger partial charge in [-0.3, -0.25) is 48.2 Å². The summed E-state index contributed by atoms with van der Waals surface area (Å²) in [5.41, 5.74) is 5.48. The maximum atomic E-state index is 14.7. The molecule has 20 heteroatoms. The SMILES string of the molecule is CNC(C)C(=O)NC(CCCCNC(=O)c1ccc(C(=O)NCCCCC(NC(=O)C(C)NC)C(=O)N2CC3CCCN3CC2C(=O)NC2CCCc3ccccc32)cc1)C(=O)N1CC2CCCN2CC1C(=O)NC1CCCc2ccccc21. The Balaban J connectivity index is 0.745. The average molecular weight is 1160 g/mol. The van der Waals surface area contributed by atoms with Crippen molar-refractivity contribution in [1.29, 1.82) is 0 Å². The van der Waals surface area contributed by atoms with Gasteiger partial charge in [-0.05, 0) is 190 Å². The highest BCUT2D eigenvalue weighted by Gasteiger charge is 2.46. The Morgan fingerprint density at radius 2 is 0.905 bits per heavy atom. The van der Waals surface area contributed by atoms with Gasteiger partial charge < -0.3 is 52.3 Å². The van der Waals surface area contributed by atoms with Crippen LogP contribution in [0.4, 0.5) is 0 Å². The summed E-state index contributed by atoms with van der Waals surface area (Å²) in [6.45, 7) is 7.54. The van der Waals surface area contributed by atoms with E-state index in [-0.39, 0.29) is 71.4 Å². The van der Waals surface area contributed by atoms with Gasteiger partial charge in [0.2, 0.25) is 35.4 Å². The molecule has 0 spiro atoms. The summed E-state index contributed by atoms with van der Waals surface area (Å²) in [6.07, 6.45) is 12.1. The van der Waals surface area contributed by atoms with Crippen LogP contribution in [-0.2, 0) is 41.6 Å². The standard InChI is InChI=1S/C64H90N12O8/c1-41(65-3)57(77)71-53(63(83)75-37-47-21-15-35-73(47)39-55(75)61(81)69-51-27-13-19-43-17-5-7-23-49(43)51)25-9-11-33-67-59(79)45-29-31-46(32-30-45)60(80)68-34-12-10-26-54(72-58(78)42(2)66-4)64(84)76-38-48-22-16-36-74(48)40-56(76)62(82)70-52-28-14-20-44-18-6-8-24-50(44)52/h5-8,17-18,23-24,29-32,41-42,47-48,51-56,65-66H,9-16,19-22,25-28,33-40H2,1-4H3,(H,67,79)(H,68,80)(H,69,81)(H,70,82)(H,71,77)(H,72,78). The molecular formula is C64H90N12O8. The van der Waals surface area contributed by atoms with Gasteiger partial charge >= 0.3 is 0 Å². The number of hydrogen-bond acceptors (Lipinski definition) is 12. The molecule has 6 aliphatic rings. The highest BCUT2D eigenvalue weighted by Crippen LogP contribution is 2.33. The minimum Gasteiger partial charge on any atom is -0.352 e. The number of rotatable bonds is 24. The van der Waals surface area contributed by atoms with E-state index in [2.05, 4.69) is 76.6 Å². The zero-order chi connectivity index (χ0) is 59.3. The third kappa shape index (κ3) is 15.2. The molecule has 4 fully saturated rings. The number of likely N-dealkylation sites (N-methyl/N-ethyl adjacent to an activating group) is 2. The zero-order valence-electron chi connectivity index (χ0n) is 49.7. The summed E-state index contributed by atoms with van der Waals surface area (Å²) in [5.74, 6) is -2.17. The van der Waals surface area contributed by atoms with E-state index in [9.17, 15) is 38.4 Å². The predicted molar refractivity (Wildman–Crippen MR) is 320 cm³/mol. The topological polar surface area (TPSA) is 246 Å². The van der Waals surface area contributed by atoms with Crippen LogP contribution in [0.2, 0.25) is 0 Å². The van der Waals surface area contributed by atoms with Crippen LogP contribution in [-0.4, -0.2) is 182 Å². The summed E-state index contributed by atoms with van der Waals surface area (Å²) in [6, 6.07) is 18.6.